The van der Waals surface area contributed by atoms with Crippen molar-refractivity contribution in [1.29, 1.82) is 0 Å². The third-order valence-corrected chi connectivity index (χ3v) is 2.68. The highest BCUT2D eigenvalue weighted by Gasteiger charge is 2.09. The summed E-state index contributed by atoms with van der Waals surface area (Å²) >= 11 is 0. The molecule has 0 aliphatic carbocycles. The Morgan fingerprint density at radius 2 is 1.85 bits per heavy atom. The summed E-state index contributed by atoms with van der Waals surface area (Å²) in [6, 6.07) is 2.98. The predicted molar refractivity (Wildman–Crippen MR) is 71.0 cm³/mol. The molecule has 0 atom stereocenters. The second-order valence-electron chi connectivity index (χ2n) is 4.46. The van der Waals surface area contributed by atoms with Crippen molar-refractivity contribution in [3.8, 4) is 5.69 Å². The van der Waals surface area contributed by atoms with E-state index in [2.05, 4.69) is 6.58 Å². The van der Waals surface area contributed by atoms with Crippen molar-refractivity contribution in [2.24, 2.45) is 0 Å². The first-order valence-corrected chi connectivity index (χ1v) is 5.82. The Bertz CT molecular complexity index is 790. The zero-order valence-corrected chi connectivity index (χ0v) is 10.8. The van der Waals surface area contributed by atoms with Gasteiger partial charge in [-0.1, -0.05) is 12.2 Å². The van der Waals surface area contributed by atoms with E-state index in [1.807, 2.05) is 0 Å². The minimum Gasteiger partial charge on any atom is -0.305 e. The van der Waals surface area contributed by atoms with E-state index < -0.39 is 22.8 Å². The molecule has 2 rings (SSSR count). The smallest absolute Gasteiger partial charge is 0.305 e. The van der Waals surface area contributed by atoms with Crippen molar-refractivity contribution >= 4 is 0 Å². The molecule has 2 aromatic rings. The number of aromatic nitrogens is 2. The molecule has 4 nitrogen and oxygen atoms in total. The third kappa shape index (κ3) is 2.59. The molecule has 0 aliphatic heterocycles. The van der Waals surface area contributed by atoms with Gasteiger partial charge < -0.3 is 4.57 Å². The highest BCUT2D eigenvalue weighted by molar-refractivity contribution is 5.32. The number of benzene rings is 1. The van der Waals surface area contributed by atoms with Gasteiger partial charge in [-0.2, -0.15) is 0 Å². The monoisotopic (exact) mass is 278 g/mol. The third-order valence-electron chi connectivity index (χ3n) is 2.68. The van der Waals surface area contributed by atoms with Gasteiger partial charge >= 0.3 is 11.1 Å². The molecule has 0 aliphatic rings. The van der Waals surface area contributed by atoms with Crippen molar-refractivity contribution in [2.45, 2.75) is 13.5 Å². The maximum absolute atomic E-state index is 13.2. The number of halogens is 2. The Hall–Kier alpha value is -2.50. The van der Waals surface area contributed by atoms with Crippen molar-refractivity contribution in [3.05, 3.63) is 75.1 Å². The normalized spacial score (nSPS) is 10.6. The van der Waals surface area contributed by atoms with Crippen LogP contribution in [-0.4, -0.2) is 9.13 Å². The first kappa shape index (κ1) is 13.9. The summed E-state index contributed by atoms with van der Waals surface area (Å²) < 4.78 is 28.2. The van der Waals surface area contributed by atoms with Crippen LogP contribution >= 0.6 is 0 Å². The number of rotatable bonds is 3. The summed E-state index contributed by atoms with van der Waals surface area (Å²) in [5.41, 5.74) is -0.773. The van der Waals surface area contributed by atoms with Gasteiger partial charge in [0.25, 0.3) is 0 Å². The van der Waals surface area contributed by atoms with E-state index in [1.54, 1.807) is 6.92 Å². The van der Waals surface area contributed by atoms with E-state index in [9.17, 15) is 18.4 Å². The summed E-state index contributed by atoms with van der Waals surface area (Å²) in [5, 5.41) is 0. The first-order chi connectivity index (χ1) is 9.40. The molecule has 0 bridgehead atoms. The molecule has 0 spiro atoms. The van der Waals surface area contributed by atoms with Gasteiger partial charge in [0.15, 0.2) is 11.6 Å². The number of nitrogens with zero attached hydrogens (tertiary/aromatic N) is 2. The largest absolute Gasteiger partial charge is 0.320 e. The molecule has 1 aromatic heterocycles. The van der Waals surface area contributed by atoms with Gasteiger partial charge in [0.2, 0.25) is 0 Å². The van der Waals surface area contributed by atoms with Crippen molar-refractivity contribution in [2.75, 3.05) is 0 Å². The highest BCUT2D eigenvalue weighted by atomic mass is 19.2. The van der Waals surface area contributed by atoms with Crippen LogP contribution in [0.1, 0.15) is 6.92 Å². The molecular formula is C14H12F2N2O2. The van der Waals surface area contributed by atoms with E-state index in [0.717, 1.165) is 22.3 Å². The Morgan fingerprint density at radius 3 is 2.45 bits per heavy atom. The number of hydrogen-bond acceptors (Lipinski definition) is 2. The van der Waals surface area contributed by atoms with Crippen molar-refractivity contribution in [1.82, 2.24) is 9.13 Å². The lowest BCUT2D eigenvalue weighted by Gasteiger charge is -2.09. The van der Waals surface area contributed by atoms with Crippen LogP contribution in [0.4, 0.5) is 8.78 Å². The molecule has 0 radical (unpaired) electrons. The molecule has 1 heterocycles. The maximum atomic E-state index is 13.2. The Morgan fingerprint density at radius 1 is 1.15 bits per heavy atom. The molecular weight excluding hydrogens is 266 g/mol. The quantitative estimate of drug-likeness (QED) is 0.635. The zero-order chi connectivity index (χ0) is 14.9. The van der Waals surface area contributed by atoms with Gasteiger partial charge in [-0.3, -0.25) is 14.2 Å². The van der Waals surface area contributed by atoms with Gasteiger partial charge in [0.1, 0.15) is 0 Å². The van der Waals surface area contributed by atoms with Gasteiger partial charge in [-0.05, 0) is 19.1 Å². The zero-order valence-electron chi connectivity index (χ0n) is 10.8. The van der Waals surface area contributed by atoms with Crippen LogP contribution in [0.5, 0.6) is 0 Å². The fourth-order valence-corrected chi connectivity index (χ4v) is 1.76. The fourth-order valence-electron chi connectivity index (χ4n) is 1.76. The number of allylic oxidation sites excluding steroid dienone is 1. The minimum absolute atomic E-state index is 0.0912. The lowest BCUT2D eigenvalue weighted by atomic mass is 10.3. The van der Waals surface area contributed by atoms with E-state index in [1.165, 1.54) is 23.0 Å². The highest BCUT2D eigenvalue weighted by Crippen LogP contribution is 2.10. The summed E-state index contributed by atoms with van der Waals surface area (Å²) in [6.07, 6.45) is 2.74. The Labute approximate surface area is 113 Å². The Kier molecular flexibility index (Phi) is 3.65. The second kappa shape index (κ2) is 5.24. The molecule has 0 unspecified atom stereocenters. The number of hydrogen-bond donors (Lipinski definition) is 0. The lowest BCUT2D eigenvalue weighted by Crippen LogP contribution is -2.40. The summed E-state index contributed by atoms with van der Waals surface area (Å²) in [5.74, 6) is -2.10. The second-order valence-corrected chi connectivity index (χ2v) is 4.46. The van der Waals surface area contributed by atoms with Crippen LogP contribution in [0.15, 0.2) is 52.3 Å². The molecule has 104 valence electrons. The van der Waals surface area contributed by atoms with Crippen LogP contribution in [0, 0.1) is 11.6 Å². The SMILES string of the molecule is C=C(C)Cn1ccn(-c2ccc(F)c(F)c2)c(=O)c1=O. The molecule has 1 aromatic carbocycles. The van der Waals surface area contributed by atoms with Gasteiger partial charge in [-0.15, -0.1) is 0 Å². The van der Waals surface area contributed by atoms with Gasteiger partial charge in [0.05, 0.1) is 5.69 Å². The van der Waals surface area contributed by atoms with Crippen LogP contribution in [0.2, 0.25) is 0 Å². The predicted octanol–water partition coefficient (Wildman–Crippen LogP) is 1.85. The summed E-state index contributed by atoms with van der Waals surface area (Å²) in [6.45, 7) is 5.62. The van der Waals surface area contributed by atoms with Crippen LogP contribution in [0.25, 0.3) is 5.69 Å². The minimum atomic E-state index is -1.08. The van der Waals surface area contributed by atoms with E-state index in [-0.39, 0.29) is 12.2 Å². The van der Waals surface area contributed by atoms with Gasteiger partial charge in [0, 0.05) is 25.0 Å². The van der Waals surface area contributed by atoms with E-state index in [0.29, 0.717) is 0 Å². The average molecular weight is 278 g/mol. The fraction of sp³-hybridized carbons (Fsp3) is 0.143. The molecule has 0 saturated carbocycles. The summed E-state index contributed by atoms with van der Waals surface area (Å²) in [4.78, 5) is 23.8. The molecule has 6 heteroatoms. The van der Waals surface area contributed by atoms with Crippen LogP contribution in [-0.2, 0) is 6.54 Å². The van der Waals surface area contributed by atoms with E-state index in [4.69, 9.17) is 0 Å². The lowest BCUT2D eigenvalue weighted by molar-refractivity contribution is 0.507. The van der Waals surface area contributed by atoms with Crippen LogP contribution < -0.4 is 11.1 Å². The molecule has 0 N–H and O–H groups in total. The standard InChI is InChI=1S/C14H12F2N2O2/c1-9(2)8-17-5-6-18(14(20)13(17)19)10-3-4-11(15)12(16)7-10/h3-7H,1,8H2,2H3. The maximum Gasteiger partial charge on any atom is 0.320 e. The molecule has 20 heavy (non-hydrogen) atoms. The average Bonchev–Trinajstić information content (AvgIpc) is 2.38. The molecule has 0 saturated heterocycles. The topological polar surface area (TPSA) is 44.0 Å². The Balaban J connectivity index is 2.57. The molecule has 0 amide bonds. The van der Waals surface area contributed by atoms with Crippen molar-refractivity contribution in [3.63, 3.8) is 0 Å². The first-order valence-electron chi connectivity index (χ1n) is 5.82. The molecule has 0 fully saturated rings. The van der Waals surface area contributed by atoms with E-state index >= 15 is 0 Å². The van der Waals surface area contributed by atoms with Crippen LogP contribution in [0.3, 0.4) is 0 Å². The van der Waals surface area contributed by atoms with Crippen molar-refractivity contribution < 1.29 is 8.78 Å². The summed E-state index contributed by atoms with van der Waals surface area (Å²) in [7, 11) is 0. The van der Waals surface area contributed by atoms with Gasteiger partial charge in [-0.25, -0.2) is 8.78 Å².